The topological polar surface area (TPSA) is 127 Å². The summed E-state index contributed by atoms with van der Waals surface area (Å²) in [6.45, 7) is 0.393. The lowest BCUT2D eigenvalue weighted by Crippen LogP contribution is -2.13. The van der Waals surface area contributed by atoms with E-state index < -0.39 is 15.7 Å². The van der Waals surface area contributed by atoms with Crippen molar-refractivity contribution in [1.82, 2.24) is 4.98 Å². The molecule has 3 N–H and O–H groups in total. The summed E-state index contributed by atoms with van der Waals surface area (Å²) in [5.74, 6) is -0.860. The van der Waals surface area contributed by atoms with Crippen LogP contribution in [0.2, 0.25) is 0 Å². The molecule has 1 heterocycles. The number of nitrogens with one attached hydrogen (secondary N) is 1. The molecule has 37 heavy (non-hydrogen) atoms. The molecule has 3 aromatic carbocycles. The molecule has 0 amide bonds. The van der Waals surface area contributed by atoms with Crippen LogP contribution < -0.4 is 10.5 Å². The second-order valence-corrected chi connectivity index (χ2v) is 10.3. The van der Waals surface area contributed by atoms with Crippen molar-refractivity contribution in [2.75, 3.05) is 6.26 Å². The first kappa shape index (κ1) is 25.8. The predicted molar refractivity (Wildman–Crippen MR) is 142 cm³/mol. The number of benzene rings is 3. The van der Waals surface area contributed by atoms with E-state index in [-0.39, 0.29) is 22.2 Å². The van der Waals surface area contributed by atoms with Gasteiger partial charge >= 0.3 is 0 Å². The van der Waals surface area contributed by atoms with Gasteiger partial charge in [0.15, 0.2) is 21.4 Å². The molecular formula is C27H25FN4O4S. The number of aryl methyl sites for hydroxylation is 1. The van der Waals surface area contributed by atoms with Gasteiger partial charge in [-0.1, -0.05) is 36.4 Å². The van der Waals surface area contributed by atoms with E-state index in [0.29, 0.717) is 35.9 Å². The highest BCUT2D eigenvalue weighted by Gasteiger charge is 2.24. The molecule has 0 aliphatic carbocycles. The number of ether oxygens (including phenoxy) is 1. The van der Waals surface area contributed by atoms with E-state index in [0.717, 1.165) is 23.7 Å². The Morgan fingerprint density at radius 1 is 1.11 bits per heavy atom. The number of carbonyl (C=O) groups excluding carboxylic acids is 1. The monoisotopic (exact) mass is 520 g/mol. The summed E-state index contributed by atoms with van der Waals surface area (Å²) in [6.07, 6.45) is 5.93. The summed E-state index contributed by atoms with van der Waals surface area (Å²) >= 11 is 0. The lowest BCUT2D eigenvalue weighted by atomic mass is 10.1. The minimum atomic E-state index is -3.81. The Bertz CT molecular complexity index is 1610. The smallest absolute Gasteiger partial charge is 0.182 e. The lowest BCUT2D eigenvalue weighted by Gasteiger charge is -2.13. The van der Waals surface area contributed by atoms with Gasteiger partial charge in [-0.05, 0) is 35.7 Å². The van der Waals surface area contributed by atoms with Crippen molar-refractivity contribution in [3.05, 3.63) is 89.4 Å². The van der Waals surface area contributed by atoms with Gasteiger partial charge in [-0.25, -0.2) is 17.8 Å². The van der Waals surface area contributed by atoms with Gasteiger partial charge in [0.25, 0.3) is 0 Å². The molecule has 0 unspecified atom stereocenters. The molecule has 4 aromatic rings. The Morgan fingerprint density at radius 3 is 2.68 bits per heavy atom. The number of aromatic amines is 1. The number of sulfone groups is 1. The number of rotatable bonds is 10. The van der Waals surface area contributed by atoms with E-state index >= 15 is 0 Å². The lowest BCUT2D eigenvalue weighted by molar-refractivity contribution is -0.107. The van der Waals surface area contributed by atoms with Crippen molar-refractivity contribution < 1.29 is 22.3 Å². The number of aromatic nitrogens is 1. The molecule has 0 bridgehead atoms. The van der Waals surface area contributed by atoms with E-state index in [1.54, 1.807) is 24.3 Å². The summed E-state index contributed by atoms with van der Waals surface area (Å²) in [4.78, 5) is 21.6. The molecule has 0 saturated carbocycles. The number of H-pyrrole nitrogens is 1. The molecule has 0 aliphatic rings. The quantitative estimate of drug-likeness (QED) is 0.180. The van der Waals surface area contributed by atoms with Crippen LogP contribution in [0.4, 0.5) is 4.39 Å². The molecule has 0 fully saturated rings. The third kappa shape index (κ3) is 6.28. The molecule has 1 aromatic heterocycles. The molecule has 0 spiro atoms. The number of hydrogen-bond donors (Lipinski definition) is 2. The van der Waals surface area contributed by atoms with Crippen LogP contribution in [-0.4, -0.2) is 38.1 Å². The van der Waals surface area contributed by atoms with E-state index in [1.807, 2.05) is 24.3 Å². The number of aldehydes is 1. The summed E-state index contributed by atoms with van der Waals surface area (Å²) in [7, 11) is -3.81. The largest absolute Gasteiger partial charge is 0.453 e. The Labute approximate surface area is 213 Å². The number of nitrogens with zero attached hydrogens (tertiary/aromatic N) is 2. The molecule has 4 rings (SSSR count). The first-order valence-corrected chi connectivity index (χ1v) is 13.3. The van der Waals surface area contributed by atoms with Crippen molar-refractivity contribution >= 4 is 39.2 Å². The zero-order valence-electron chi connectivity index (χ0n) is 20.0. The highest BCUT2D eigenvalue weighted by molar-refractivity contribution is 7.91. The van der Waals surface area contributed by atoms with Gasteiger partial charge in [0, 0.05) is 41.4 Å². The van der Waals surface area contributed by atoms with E-state index in [4.69, 9.17) is 10.5 Å². The number of aliphatic imine (C=N–C) groups is 2. The van der Waals surface area contributed by atoms with Gasteiger partial charge in [0.2, 0.25) is 0 Å². The molecule has 10 heteroatoms. The van der Waals surface area contributed by atoms with E-state index in [9.17, 15) is 17.6 Å². The maximum atomic E-state index is 14.9. The number of fused-ring (bicyclic) bond motifs is 1. The van der Waals surface area contributed by atoms with Crippen molar-refractivity contribution in [3.63, 3.8) is 0 Å². The van der Waals surface area contributed by atoms with Crippen LogP contribution in [0.25, 0.3) is 10.9 Å². The molecule has 190 valence electrons. The summed E-state index contributed by atoms with van der Waals surface area (Å²) in [6, 6.07) is 17.0. The number of amidine groups is 1. The van der Waals surface area contributed by atoms with Crippen molar-refractivity contribution in [2.45, 2.75) is 24.3 Å². The van der Waals surface area contributed by atoms with Crippen LogP contribution in [-0.2, 0) is 27.6 Å². The number of carbonyl (C=O) groups is 1. The van der Waals surface area contributed by atoms with Gasteiger partial charge in [0.1, 0.15) is 29.1 Å². The maximum Gasteiger partial charge on any atom is 0.182 e. The molecule has 0 radical (unpaired) electrons. The van der Waals surface area contributed by atoms with E-state index in [2.05, 4.69) is 15.0 Å². The minimum absolute atomic E-state index is 0.152. The zero-order chi connectivity index (χ0) is 26.4. The highest BCUT2D eigenvalue weighted by Crippen LogP contribution is 2.37. The van der Waals surface area contributed by atoms with Crippen LogP contribution in [0, 0.1) is 5.82 Å². The molecule has 0 aliphatic heterocycles. The van der Waals surface area contributed by atoms with Gasteiger partial charge < -0.3 is 20.2 Å². The Kier molecular flexibility index (Phi) is 7.78. The Balaban J connectivity index is 1.52. The maximum absolute atomic E-state index is 14.9. The average molecular weight is 521 g/mol. The molecule has 0 atom stereocenters. The van der Waals surface area contributed by atoms with Crippen molar-refractivity contribution in [2.24, 2.45) is 15.7 Å². The first-order valence-electron chi connectivity index (χ1n) is 11.4. The van der Waals surface area contributed by atoms with Crippen LogP contribution in [0.15, 0.2) is 81.7 Å². The summed E-state index contributed by atoms with van der Waals surface area (Å²) in [5.41, 5.74) is 8.98. The fraction of sp³-hybridized carbons (Fsp3) is 0.148. The first-order chi connectivity index (χ1) is 17.8. The molecule has 8 nitrogen and oxygen atoms in total. The minimum Gasteiger partial charge on any atom is -0.453 e. The fourth-order valence-electron chi connectivity index (χ4n) is 3.86. The van der Waals surface area contributed by atoms with Crippen LogP contribution in [0.3, 0.4) is 0 Å². The number of halogens is 1. The Morgan fingerprint density at radius 2 is 1.89 bits per heavy atom. The van der Waals surface area contributed by atoms with Crippen molar-refractivity contribution in [1.29, 1.82) is 0 Å². The van der Waals surface area contributed by atoms with Crippen LogP contribution >= 0.6 is 0 Å². The normalized spacial score (nSPS) is 12.3. The van der Waals surface area contributed by atoms with Gasteiger partial charge in [0.05, 0.1) is 6.54 Å². The third-order valence-corrected chi connectivity index (χ3v) is 6.68. The number of nitrogens with two attached hydrogens (primary N) is 1. The summed E-state index contributed by atoms with van der Waals surface area (Å²) < 4.78 is 45.5. The predicted octanol–water partition coefficient (Wildman–Crippen LogP) is 4.57. The average Bonchev–Trinajstić information content (AvgIpc) is 3.32. The van der Waals surface area contributed by atoms with Gasteiger partial charge in [-0.3, -0.25) is 4.99 Å². The summed E-state index contributed by atoms with van der Waals surface area (Å²) in [5, 5.41) is 0.335. The SMILES string of the molecule is CS(=O)(=O)c1c(Oc2cccc(C(N)=NC=NCc3cccc(CCC=O)c3)c2)c(F)cc2[nH]ccc12. The van der Waals surface area contributed by atoms with Crippen LogP contribution in [0.1, 0.15) is 23.1 Å². The Hall–Kier alpha value is -4.31. The van der Waals surface area contributed by atoms with Gasteiger partial charge in [-0.2, -0.15) is 0 Å². The van der Waals surface area contributed by atoms with Crippen molar-refractivity contribution in [3.8, 4) is 11.5 Å². The second kappa shape index (κ2) is 11.2. The second-order valence-electron chi connectivity index (χ2n) is 8.35. The van der Waals surface area contributed by atoms with Gasteiger partial charge in [-0.15, -0.1) is 0 Å². The standard InChI is InChI=1S/C27H25FN4O4S/c1-37(34,35)26-22-10-11-31-24(22)15-23(28)25(26)36-21-9-3-8-20(14-21)27(29)32-17-30-16-19-6-2-5-18(13-19)7-4-12-33/h2-3,5-6,8-15,17,31H,4,7,16H2,1H3,(H2,29,30,32). The van der Waals surface area contributed by atoms with E-state index in [1.165, 1.54) is 24.7 Å². The zero-order valence-corrected chi connectivity index (χ0v) is 20.8. The third-order valence-electron chi connectivity index (χ3n) is 5.53. The molecular weight excluding hydrogens is 495 g/mol. The molecule has 0 saturated heterocycles. The van der Waals surface area contributed by atoms with Crippen LogP contribution in [0.5, 0.6) is 11.5 Å². The number of hydrogen-bond acceptors (Lipinski definition) is 5. The highest BCUT2D eigenvalue weighted by atomic mass is 32.2. The fourth-order valence-corrected chi connectivity index (χ4v) is 4.91.